The van der Waals surface area contributed by atoms with Crippen molar-refractivity contribution in [2.45, 2.75) is 19.9 Å². The van der Waals surface area contributed by atoms with Crippen LogP contribution < -0.4 is 10.9 Å². The summed E-state index contributed by atoms with van der Waals surface area (Å²) in [6.45, 7) is 3.55. The van der Waals surface area contributed by atoms with Crippen molar-refractivity contribution >= 4 is 0 Å². The van der Waals surface area contributed by atoms with Crippen LogP contribution in [0.1, 0.15) is 16.8 Å². The van der Waals surface area contributed by atoms with Crippen LogP contribution in [0.5, 0.6) is 0 Å². The highest BCUT2D eigenvalue weighted by Gasteiger charge is 2.14. The van der Waals surface area contributed by atoms with Gasteiger partial charge in [0.2, 0.25) is 0 Å². The quantitative estimate of drug-likeness (QED) is 0.556. The maximum absolute atomic E-state index is 11.3. The zero-order chi connectivity index (χ0) is 8.55. The summed E-state index contributed by atoms with van der Waals surface area (Å²) >= 11 is 0. The Hall–Kier alpha value is -1.16. The number of aromatic nitrogens is 2. The number of H-pyrrole nitrogens is 1. The topological polar surface area (TPSA) is 57.8 Å². The van der Waals surface area contributed by atoms with Gasteiger partial charge in [-0.25, -0.2) is 5.10 Å². The van der Waals surface area contributed by atoms with Gasteiger partial charge in [-0.05, 0) is 25.5 Å². The highest BCUT2D eigenvalue weighted by molar-refractivity contribution is 5.29. The van der Waals surface area contributed by atoms with E-state index in [0.717, 1.165) is 29.8 Å². The minimum absolute atomic E-state index is 0.0530. The van der Waals surface area contributed by atoms with E-state index in [-0.39, 0.29) is 5.56 Å². The van der Waals surface area contributed by atoms with Crippen molar-refractivity contribution in [3.05, 3.63) is 27.2 Å². The standard InChI is InChI=1S/C8H11N3O/c1-5-6-2-3-9-4-7(6)8(12)11-10-5/h9H,2-4H2,1H3,(H,11,12). The highest BCUT2D eigenvalue weighted by atomic mass is 16.1. The van der Waals surface area contributed by atoms with Crippen molar-refractivity contribution in [2.24, 2.45) is 0 Å². The molecule has 0 aliphatic carbocycles. The Kier molecular flexibility index (Phi) is 1.69. The van der Waals surface area contributed by atoms with Gasteiger partial charge < -0.3 is 5.32 Å². The molecule has 0 saturated carbocycles. The van der Waals surface area contributed by atoms with Gasteiger partial charge >= 0.3 is 0 Å². The van der Waals surface area contributed by atoms with Gasteiger partial charge in [0.25, 0.3) is 5.56 Å². The predicted octanol–water partition coefficient (Wildman–Crippen LogP) is -0.276. The van der Waals surface area contributed by atoms with Crippen molar-refractivity contribution in [3.63, 3.8) is 0 Å². The molecule has 0 spiro atoms. The van der Waals surface area contributed by atoms with Gasteiger partial charge in [-0.3, -0.25) is 4.79 Å². The summed E-state index contributed by atoms with van der Waals surface area (Å²) in [4.78, 5) is 11.3. The fourth-order valence-corrected chi connectivity index (χ4v) is 1.57. The van der Waals surface area contributed by atoms with E-state index in [2.05, 4.69) is 15.5 Å². The fraction of sp³-hybridized carbons (Fsp3) is 0.500. The molecule has 2 rings (SSSR count). The molecule has 0 saturated heterocycles. The molecule has 0 unspecified atom stereocenters. The first-order valence-corrected chi connectivity index (χ1v) is 4.07. The molecule has 12 heavy (non-hydrogen) atoms. The Morgan fingerprint density at radius 1 is 1.42 bits per heavy atom. The molecule has 2 N–H and O–H groups in total. The van der Waals surface area contributed by atoms with Crippen LogP contribution in [0.25, 0.3) is 0 Å². The lowest BCUT2D eigenvalue weighted by Gasteiger charge is -2.16. The van der Waals surface area contributed by atoms with E-state index in [1.807, 2.05) is 6.92 Å². The smallest absolute Gasteiger partial charge is 0.268 e. The van der Waals surface area contributed by atoms with Gasteiger partial charge in [-0.15, -0.1) is 0 Å². The zero-order valence-electron chi connectivity index (χ0n) is 6.98. The SMILES string of the molecule is Cc1n[nH]c(=O)c2c1CCNC2. The third-order valence-corrected chi connectivity index (χ3v) is 2.25. The molecule has 1 aromatic rings. The van der Waals surface area contributed by atoms with Gasteiger partial charge in [-0.2, -0.15) is 5.10 Å². The van der Waals surface area contributed by atoms with Gasteiger partial charge in [0.05, 0.1) is 5.69 Å². The monoisotopic (exact) mass is 165 g/mol. The number of aromatic amines is 1. The summed E-state index contributed by atoms with van der Waals surface area (Å²) < 4.78 is 0. The molecular formula is C8H11N3O. The third kappa shape index (κ3) is 1.04. The van der Waals surface area contributed by atoms with Crippen molar-refractivity contribution in [1.82, 2.24) is 15.5 Å². The van der Waals surface area contributed by atoms with Crippen molar-refractivity contribution in [2.75, 3.05) is 6.54 Å². The second-order valence-corrected chi connectivity index (χ2v) is 3.02. The summed E-state index contributed by atoms with van der Waals surface area (Å²) in [6.07, 6.45) is 0.915. The second kappa shape index (κ2) is 2.71. The van der Waals surface area contributed by atoms with Crippen molar-refractivity contribution in [3.8, 4) is 0 Å². The lowest BCUT2D eigenvalue weighted by atomic mass is 10.0. The number of fused-ring (bicyclic) bond motifs is 1. The van der Waals surface area contributed by atoms with E-state index in [0.29, 0.717) is 6.54 Å². The maximum atomic E-state index is 11.3. The van der Waals surface area contributed by atoms with E-state index in [4.69, 9.17) is 0 Å². The molecule has 1 aliphatic rings. The highest BCUT2D eigenvalue weighted by Crippen LogP contribution is 2.10. The Balaban J connectivity index is 2.64. The molecule has 1 aromatic heterocycles. The molecule has 4 heteroatoms. The molecule has 2 heterocycles. The normalized spacial score (nSPS) is 15.8. The zero-order valence-corrected chi connectivity index (χ0v) is 6.98. The van der Waals surface area contributed by atoms with Crippen molar-refractivity contribution < 1.29 is 0 Å². The van der Waals surface area contributed by atoms with Crippen LogP contribution in [-0.2, 0) is 13.0 Å². The molecule has 4 nitrogen and oxygen atoms in total. The van der Waals surface area contributed by atoms with Crippen molar-refractivity contribution in [1.29, 1.82) is 0 Å². The van der Waals surface area contributed by atoms with E-state index < -0.39 is 0 Å². The molecule has 0 atom stereocenters. The molecule has 0 amide bonds. The summed E-state index contributed by atoms with van der Waals surface area (Å²) in [6, 6.07) is 0. The summed E-state index contributed by atoms with van der Waals surface area (Å²) in [5.41, 5.74) is 2.88. The van der Waals surface area contributed by atoms with E-state index in [1.165, 1.54) is 0 Å². The second-order valence-electron chi connectivity index (χ2n) is 3.02. The lowest BCUT2D eigenvalue weighted by molar-refractivity contribution is 0.623. The summed E-state index contributed by atoms with van der Waals surface area (Å²) in [7, 11) is 0. The van der Waals surface area contributed by atoms with Crippen LogP contribution in [0.4, 0.5) is 0 Å². The Morgan fingerprint density at radius 2 is 2.25 bits per heavy atom. The van der Waals surface area contributed by atoms with Gasteiger partial charge in [0.1, 0.15) is 0 Å². The molecule has 64 valence electrons. The minimum atomic E-state index is -0.0530. The minimum Gasteiger partial charge on any atom is -0.312 e. The molecule has 0 bridgehead atoms. The molecular weight excluding hydrogens is 154 g/mol. The number of aryl methyl sites for hydroxylation is 1. The summed E-state index contributed by atoms with van der Waals surface area (Å²) in [5.74, 6) is 0. The number of hydrogen-bond donors (Lipinski definition) is 2. The average molecular weight is 165 g/mol. The Bertz CT molecular complexity index is 356. The number of nitrogens with one attached hydrogen (secondary N) is 2. The molecule has 0 radical (unpaired) electrons. The van der Waals surface area contributed by atoms with Gasteiger partial charge in [0.15, 0.2) is 0 Å². The van der Waals surface area contributed by atoms with E-state index in [1.54, 1.807) is 0 Å². The molecule has 0 fully saturated rings. The molecule has 1 aliphatic heterocycles. The molecule has 0 aromatic carbocycles. The average Bonchev–Trinajstić information content (AvgIpc) is 2.12. The van der Waals surface area contributed by atoms with Crippen LogP contribution in [0.3, 0.4) is 0 Å². The largest absolute Gasteiger partial charge is 0.312 e. The maximum Gasteiger partial charge on any atom is 0.268 e. The van der Waals surface area contributed by atoms with E-state index in [9.17, 15) is 4.79 Å². The number of hydrogen-bond acceptors (Lipinski definition) is 3. The predicted molar refractivity (Wildman–Crippen MR) is 45.0 cm³/mol. The van der Waals surface area contributed by atoms with E-state index >= 15 is 0 Å². The van der Waals surface area contributed by atoms with Gasteiger partial charge in [-0.1, -0.05) is 0 Å². The first kappa shape index (κ1) is 7.49. The van der Waals surface area contributed by atoms with Crippen LogP contribution in [0, 0.1) is 6.92 Å². The Morgan fingerprint density at radius 3 is 3.00 bits per heavy atom. The fourth-order valence-electron chi connectivity index (χ4n) is 1.57. The first-order chi connectivity index (χ1) is 5.79. The van der Waals surface area contributed by atoms with Crippen LogP contribution >= 0.6 is 0 Å². The number of rotatable bonds is 0. The Labute approximate surface area is 70.0 Å². The first-order valence-electron chi connectivity index (χ1n) is 4.07. The lowest BCUT2D eigenvalue weighted by Crippen LogP contribution is -2.31. The van der Waals surface area contributed by atoms with Crippen LogP contribution in [-0.4, -0.2) is 16.7 Å². The van der Waals surface area contributed by atoms with Crippen LogP contribution in [0.15, 0.2) is 4.79 Å². The van der Waals surface area contributed by atoms with Crippen LogP contribution in [0.2, 0.25) is 0 Å². The summed E-state index contributed by atoms with van der Waals surface area (Å²) in [5, 5.41) is 9.57. The third-order valence-electron chi connectivity index (χ3n) is 2.25. The van der Waals surface area contributed by atoms with Gasteiger partial charge in [0, 0.05) is 12.1 Å². The number of nitrogens with zero attached hydrogens (tertiary/aromatic N) is 1.